The Kier molecular flexibility index (Phi) is 3.64. The number of rotatable bonds is 2. The van der Waals surface area contributed by atoms with E-state index in [1.165, 1.54) is 12.3 Å². The molecule has 2 aromatic heterocycles. The Morgan fingerprint density at radius 1 is 1.37 bits per heavy atom. The zero-order valence-electron chi connectivity index (χ0n) is 8.95. The third-order valence-electron chi connectivity index (χ3n) is 2.18. The smallest absolute Gasteiger partial charge is 0.298 e. The topological polar surface area (TPSA) is 47.8 Å². The Morgan fingerprint density at radius 2 is 2.05 bits per heavy atom. The highest BCUT2D eigenvalue weighted by molar-refractivity contribution is 9.10. The summed E-state index contributed by atoms with van der Waals surface area (Å²) in [6, 6.07) is 2.98. The van der Waals surface area contributed by atoms with E-state index in [0.29, 0.717) is 4.47 Å². The van der Waals surface area contributed by atoms with E-state index in [1.807, 2.05) is 0 Å². The van der Waals surface area contributed by atoms with Crippen molar-refractivity contribution in [1.82, 2.24) is 14.8 Å². The number of halogens is 5. The summed E-state index contributed by atoms with van der Waals surface area (Å²) >= 11 is 8.87. The first-order chi connectivity index (χ1) is 8.84. The van der Waals surface area contributed by atoms with Crippen LogP contribution in [0.15, 0.2) is 22.8 Å². The van der Waals surface area contributed by atoms with Gasteiger partial charge in [0.05, 0.1) is 5.56 Å². The van der Waals surface area contributed by atoms with E-state index in [0.717, 1.165) is 4.68 Å². The molecular weight excluding hydrogens is 350 g/mol. The van der Waals surface area contributed by atoms with Crippen LogP contribution in [0.1, 0.15) is 16.1 Å². The largest absolute Gasteiger partial charge is 0.435 e. The minimum absolute atomic E-state index is 0.0213. The number of nitrogens with zero attached hydrogens (tertiary/aromatic N) is 3. The van der Waals surface area contributed by atoms with Crippen molar-refractivity contribution in [2.75, 3.05) is 0 Å². The summed E-state index contributed by atoms with van der Waals surface area (Å²) in [5, 5.41) is 2.87. The first-order valence-electron chi connectivity index (χ1n) is 4.77. The second-order valence-electron chi connectivity index (χ2n) is 3.42. The highest BCUT2D eigenvalue weighted by atomic mass is 79.9. The Hall–Kier alpha value is -1.41. The van der Waals surface area contributed by atoms with Crippen LogP contribution in [0.25, 0.3) is 5.82 Å². The molecule has 2 rings (SSSR count). The molecule has 0 saturated carbocycles. The molecule has 0 unspecified atom stereocenters. The molecule has 0 spiro atoms. The van der Waals surface area contributed by atoms with Crippen LogP contribution in [-0.4, -0.2) is 21.1 Å². The molecule has 0 fully saturated rings. The second kappa shape index (κ2) is 4.93. The molecule has 0 aromatic carbocycles. The number of alkyl halides is 3. The summed E-state index contributed by atoms with van der Waals surface area (Å²) in [5.41, 5.74) is -2.05. The number of carbonyl (C=O) groups excluding carboxylic acids is 1. The molecule has 4 nitrogen and oxygen atoms in total. The van der Waals surface area contributed by atoms with Gasteiger partial charge in [-0.25, -0.2) is 9.67 Å². The van der Waals surface area contributed by atoms with E-state index in [-0.39, 0.29) is 12.1 Å². The van der Waals surface area contributed by atoms with Gasteiger partial charge >= 0.3 is 6.18 Å². The van der Waals surface area contributed by atoms with Crippen LogP contribution in [-0.2, 0) is 6.18 Å². The van der Waals surface area contributed by atoms with E-state index in [2.05, 4.69) is 26.0 Å². The normalized spacial score (nSPS) is 11.6. The van der Waals surface area contributed by atoms with Crippen LogP contribution >= 0.6 is 27.5 Å². The first kappa shape index (κ1) is 14.0. The van der Waals surface area contributed by atoms with E-state index in [9.17, 15) is 18.0 Å². The predicted molar refractivity (Wildman–Crippen MR) is 64.5 cm³/mol. The fraction of sp³-hybridized carbons (Fsp3) is 0.100. The van der Waals surface area contributed by atoms with Crippen LogP contribution in [0.3, 0.4) is 0 Å². The summed E-state index contributed by atoms with van der Waals surface area (Å²) in [6.45, 7) is 0. The van der Waals surface area contributed by atoms with Gasteiger partial charge < -0.3 is 0 Å². The Balaban J connectivity index is 2.63. The van der Waals surface area contributed by atoms with Crippen molar-refractivity contribution in [2.45, 2.75) is 6.18 Å². The molecule has 0 atom stereocenters. The van der Waals surface area contributed by atoms with Crippen LogP contribution in [0.5, 0.6) is 0 Å². The fourth-order valence-corrected chi connectivity index (χ4v) is 1.86. The maximum absolute atomic E-state index is 12.7. The molecule has 19 heavy (non-hydrogen) atoms. The van der Waals surface area contributed by atoms with Gasteiger partial charge in [0.1, 0.15) is 5.15 Å². The van der Waals surface area contributed by atoms with Gasteiger partial charge in [0.25, 0.3) is 0 Å². The monoisotopic (exact) mass is 353 g/mol. The van der Waals surface area contributed by atoms with Crippen LogP contribution in [0.2, 0.25) is 5.15 Å². The standard InChI is InChI=1S/C10H4BrClF3N3O/c11-5-1-2-7(16-3-5)18-9(12)6(4-19)8(17-18)10(13,14)15/h1-4H. The molecular formula is C10H4BrClF3N3O. The van der Waals surface area contributed by atoms with Gasteiger partial charge in [0.15, 0.2) is 17.8 Å². The molecule has 100 valence electrons. The van der Waals surface area contributed by atoms with E-state index in [4.69, 9.17) is 11.6 Å². The highest BCUT2D eigenvalue weighted by Gasteiger charge is 2.39. The van der Waals surface area contributed by atoms with Crippen LogP contribution < -0.4 is 0 Å². The number of aromatic nitrogens is 3. The van der Waals surface area contributed by atoms with Crippen molar-refractivity contribution < 1.29 is 18.0 Å². The Morgan fingerprint density at radius 3 is 2.47 bits per heavy atom. The summed E-state index contributed by atoms with van der Waals surface area (Å²) in [6.07, 6.45) is -3.37. The zero-order chi connectivity index (χ0) is 14.2. The second-order valence-corrected chi connectivity index (χ2v) is 4.69. The molecule has 9 heteroatoms. The SMILES string of the molecule is O=Cc1c(C(F)(F)F)nn(-c2ccc(Br)cn2)c1Cl. The van der Waals surface area contributed by atoms with Gasteiger partial charge in [-0.1, -0.05) is 11.6 Å². The Bertz CT molecular complexity index is 624. The van der Waals surface area contributed by atoms with Gasteiger partial charge in [0.2, 0.25) is 0 Å². The van der Waals surface area contributed by atoms with E-state index in [1.54, 1.807) is 6.07 Å². The molecule has 0 radical (unpaired) electrons. The van der Waals surface area contributed by atoms with Crippen molar-refractivity contribution in [3.63, 3.8) is 0 Å². The number of pyridine rings is 1. The van der Waals surface area contributed by atoms with Crippen molar-refractivity contribution in [1.29, 1.82) is 0 Å². The predicted octanol–water partition coefficient (Wildman–Crippen LogP) is 3.51. The van der Waals surface area contributed by atoms with Gasteiger partial charge in [-0.05, 0) is 28.1 Å². The number of hydrogen-bond acceptors (Lipinski definition) is 3. The summed E-state index contributed by atoms with van der Waals surface area (Å²) < 4.78 is 39.5. The van der Waals surface area contributed by atoms with Gasteiger partial charge in [0, 0.05) is 10.7 Å². The molecule has 0 aliphatic carbocycles. The van der Waals surface area contributed by atoms with Gasteiger partial charge in [-0.15, -0.1) is 0 Å². The van der Waals surface area contributed by atoms with Crippen molar-refractivity contribution in [3.05, 3.63) is 39.2 Å². The maximum atomic E-state index is 12.7. The van der Waals surface area contributed by atoms with Crippen molar-refractivity contribution in [2.24, 2.45) is 0 Å². The lowest BCUT2D eigenvalue weighted by Crippen LogP contribution is -2.09. The maximum Gasteiger partial charge on any atom is 0.435 e. The van der Waals surface area contributed by atoms with Crippen molar-refractivity contribution >= 4 is 33.8 Å². The average molecular weight is 355 g/mol. The molecule has 2 aromatic rings. The quantitative estimate of drug-likeness (QED) is 0.775. The third-order valence-corrected chi connectivity index (χ3v) is 3.01. The van der Waals surface area contributed by atoms with E-state index >= 15 is 0 Å². The summed E-state index contributed by atoms with van der Waals surface area (Å²) in [5.74, 6) is 0.0757. The van der Waals surface area contributed by atoms with E-state index < -0.39 is 22.6 Å². The number of carbonyl (C=O) groups is 1. The van der Waals surface area contributed by atoms with Crippen LogP contribution in [0.4, 0.5) is 13.2 Å². The molecule has 2 heterocycles. The molecule has 0 aliphatic heterocycles. The fourth-order valence-electron chi connectivity index (χ4n) is 1.37. The third kappa shape index (κ3) is 2.64. The van der Waals surface area contributed by atoms with Gasteiger partial charge in [-0.3, -0.25) is 4.79 Å². The van der Waals surface area contributed by atoms with Crippen LogP contribution in [0, 0.1) is 0 Å². The lowest BCUT2D eigenvalue weighted by atomic mass is 10.2. The molecule has 0 bridgehead atoms. The number of hydrogen-bond donors (Lipinski definition) is 0. The molecule has 0 aliphatic rings. The number of aldehydes is 1. The summed E-state index contributed by atoms with van der Waals surface area (Å²) in [4.78, 5) is 14.6. The average Bonchev–Trinajstić information content (AvgIpc) is 2.67. The Labute approximate surface area is 118 Å². The minimum atomic E-state index is -4.76. The molecule has 0 saturated heterocycles. The molecule has 0 N–H and O–H groups in total. The lowest BCUT2D eigenvalue weighted by Gasteiger charge is -2.02. The van der Waals surface area contributed by atoms with Crippen molar-refractivity contribution in [3.8, 4) is 5.82 Å². The summed E-state index contributed by atoms with van der Waals surface area (Å²) in [7, 11) is 0. The highest BCUT2D eigenvalue weighted by Crippen LogP contribution is 2.34. The molecule has 0 amide bonds. The first-order valence-corrected chi connectivity index (χ1v) is 5.94. The minimum Gasteiger partial charge on any atom is -0.298 e. The zero-order valence-corrected chi connectivity index (χ0v) is 11.3. The lowest BCUT2D eigenvalue weighted by molar-refractivity contribution is -0.141. The van der Waals surface area contributed by atoms with Gasteiger partial charge in [-0.2, -0.15) is 18.3 Å².